The van der Waals surface area contributed by atoms with E-state index in [0.717, 1.165) is 5.56 Å². The lowest BCUT2D eigenvalue weighted by Gasteiger charge is -2.22. The SMILES string of the molecule is CNC(=O)c1ccc(N(C)S(=O)(=O)c2ccc(C)cc2)c(C)c1. The summed E-state index contributed by atoms with van der Waals surface area (Å²) < 4.78 is 26.7. The van der Waals surface area contributed by atoms with Gasteiger partial charge in [-0.05, 0) is 49.7 Å². The molecule has 0 heterocycles. The molecule has 0 unspecified atom stereocenters. The number of nitrogens with one attached hydrogen (secondary N) is 1. The van der Waals surface area contributed by atoms with Gasteiger partial charge >= 0.3 is 0 Å². The molecule has 0 fully saturated rings. The van der Waals surface area contributed by atoms with E-state index in [0.29, 0.717) is 16.8 Å². The molecule has 0 saturated heterocycles. The topological polar surface area (TPSA) is 66.5 Å². The lowest BCUT2D eigenvalue weighted by molar-refractivity contribution is 0.0963. The summed E-state index contributed by atoms with van der Waals surface area (Å²) in [5.41, 5.74) is 2.75. The van der Waals surface area contributed by atoms with E-state index < -0.39 is 10.0 Å². The fourth-order valence-corrected chi connectivity index (χ4v) is 3.55. The highest BCUT2D eigenvalue weighted by atomic mass is 32.2. The maximum Gasteiger partial charge on any atom is 0.264 e. The largest absolute Gasteiger partial charge is 0.355 e. The Balaban J connectivity index is 2.41. The van der Waals surface area contributed by atoms with Crippen molar-refractivity contribution in [2.45, 2.75) is 18.7 Å². The maximum absolute atomic E-state index is 12.7. The Labute approximate surface area is 137 Å². The summed E-state index contributed by atoms with van der Waals surface area (Å²) in [5, 5.41) is 2.55. The number of sulfonamides is 1. The van der Waals surface area contributed by atoms with Crippen molar-refractivity contribution in [2.75, 3.05) is 18.4 Å². The van der Waals surface area contributed by atoms with E-state index in [-0.39, 0.29) is 10.8 Å². The Morgan fingerprint density at radius 1 is 1.04 bits per heavy atom. The molecule has 2 rings (SSSR count). The average molecular weight is 332 g/mol. The molecule has 0 atom stereocenters. The summed E-state index contributed by atoms with van der Waals surface area (Å²) in [6.07, 6.45) is 0. The van der Waals surface area contributed by atoms with Crippen LogP contribution in [0.5, 0.6) is 0 Å². The summed E-state index contributed by atoms with van der Waals surface area (Å²) in [6, 6.07) is 11.7. The molecule has 0 radical (unpaired) electrons. The molecule has 1 amide bonds. The lowest BCUT2D eigenvalue weighted by Crippen LogP contribution is -2.27. The van der Waals surface area contributed by atoms with Gasteiger partial charge in [0.25, 0.3) is 15.9 Å². The van der Waals surface area contributed by atoms with Crippen LogP contribution in [0.25, 0.3) is 0 Å². The summed E-state index contributed by atoms with van der Waals surface area (Å²) in [4.78, 5) is 11.9. The molecule has 0 bridgehead atoms. The molecule has 122 valence electrons. The van der Waals surface area contributed by atoms with E-state index in [1.807, 2.05) is 6.92 Å². The number of nitrogens with zero attached hydrogens (tertiary/aromatic N) is 1. The van der Waals surface area contributed by atoms with E-state index in [2.05, 4.69) is 5.32 Å². The van der Waals surface area contributed by atoms with Crippen LogP contribution >= 0.6 is 0 Å². The van der Waals surface area contributed by atoms with Crippen LogP contribution in [0.3, 0.4) is 0 Å². The molecule has 0 aliphatic carbocycles. The van der Waals surface area contributed by atoms with Crippen molar-refractivity contribution in [3.63, 3.8) is 0 Å². The Hall–Kier alpha value is -2.34. The zero-order valence-electron chi connectivity index (χ0n) is 13.6. The molecule has 2 aromatic rings. The summed E-state index contributed by atoms with van der Waals surface area (Å²) in [5.74, 6) is -0.205. The van der Waals surface area contributed by atoms with Crippen molar-refractivity contribution < 1.29 is 13.2 Å². The molecule has 23 heavy (non-hydrogen) atoms. The monoisotopic (exact) mass is 332 g/mol. The van der Waals surface area contributed by atoms with Gasteiger partial charge in [-0.15, -0.1) is 0 Å². The molecule has 1 N–H and O–H groups in total. The fraction of sp³-hybridized carbons (Fsp3) is 0.235. The summed E-state index contributed by atoms with van der Waals surface area (Å²) in [7, 11) is -0.571. The molecule has 0 aliphatic rings. The van der Waals surface area contributed by atoms with E-state index >= 15 is 0 Å². The molecule has 5 nitrogen and oxygen atoms in total. The van der Waals surface area contributed by atoms with Crippen molar-refractivity contribution in [3.05, 3.63) is 59.2 Å². The molecule has 0 spiro atoms. The molecule has 0 saturated carbocycles. The normalized spacial score (nSPS) is 11.1. The quantitative estimate of drug-likeness (QED) is 0.935. The van der Waals surface area contributed by atoms with Gasteiger partial charge in [-0.3, -0.25) is 9.10 Å². The molecular formula is C17H20N2O3S. The first-order chi connectivity index (χ1) is 10.8. The number of hydrogen-bond donors (Lipinski definition) is 1. The fourth-order valence-electron chi connectivity index (χ4n) is 2.29. The number of carbonyl (C=O) groups is 1. The Morgan fingerprint density at radius 2 is 1.65 bits per heavy atom. The van der Waals surface area contributed by atoms with Crippen molar-refractivity contribution in [3.8, 4) is 0 Å². The van der Waals surface area contributed by atoms with Crippen molar-refractivity contribution in [2.24, 2.45) is 0 Å². The van der Waals surface area contributed by atoms with Crippen molar-refractivity contribution in [1.82, 2.24) is 5.32 Å². The Morgan fingerprint density at radius 3 is 2.17 bits per heavy atom. The maximum atomic E-state index is 12.7. The second-order valence-corrected chi connectivity index (χ2v) is 7.34. The summed E-state index contributed by atoms with van der Waals surface area (Å²) >= 11 is 0. The lowest BCUT2D eigenvalue weighted by atomic mass is 10.1. The van der Waals surface area contributed by atoms with Crippen LogP contribution in [-0.2, 0) is 10.0 Å². The van der Waals surface area contributed by atoms with Gasteiger partial charge in [0.05, 0.1) is 10.6 Å². The van der Waals surface area contributed by atoms with E-state index in [1.54, 1.807) is 56.4 Å². The highest BCUT2D eigenvalue weighted by Gasteiger charge is 2.22. The number of aryl methyl sites for hydroxylation is 2. The van der Waals surface area contributed by atoms with E-state index in [1.165, 1.54) is 11.4 Å². The number of amides is 1. The minimum Gasteiger partial charge on any atom is -0.355 e. The third kappa shape index (κ3) is 3.37. The van der Waals surface area contributed by atoms with Gasteiger partial charge in [-0.1, -0.05) is 17.7 Å². The van der Waals surface area contributed by atoms with Crippen LogP contribution in [0.4, 0.5) is 5.69 Å². The van der Waals surface area contributed by atoms with Gasteiger partial charge in [0.1, 0.15) is 0 Å². The predicted molar refractivity (Wildman–Crippen MR) is 91.3 cm³/mol. The smallest absolute Gasteiger partial charge is 0.264 e. The van der Waals surface area contributed by atoms with E-state index in [4.69, 9.17) is 0 Å². The Bertz CT molecular complexity index is 827. The van der Waals surface area contributed by atoms with Gasteiger partial charge in [-0.2, -0.15) is 0 Å². The van der Waals surface area contributed by atoms with Gasteiger partial charge in [0.2, 0.25) is 0 Å². The predicted octanol–water partition coefficient (Wildman–Crippen LogP) is 2.49. The van der Waals surface area contributed by atoms with Crippen molar-refractivity contribution in [1.29, 1.82) is 0 Å². The molecular weight excluding hydrogens is 312 g/mol. The standard InChI is InChI=1S/C17H20N2O3S/c1-12-5-8-15(9-6-12)23(21,22)19(4)16-10-7-14(11-13(16)2)17(20)18-3/h5-11H,1-4H3,(H,18,20). The number of benzene rings is 2. The minimum absolute atomic E-state index is 0.205. The molecule has 6 heteroatoms. The van der Waals surface area contributed by atoms with Crippen LogP contribution in [0.1, 0.15) is 21.5 Å². The number of carbonyl (C=O) groups excluding carboxylic acids is 1. The number of rotatable bonds is 4. The highest BCUT2D eigenvalue weighted by molar-refractivity contribution is 7.92. The summed E-state index contributed by atoms with van der Waals surface area (Å²) in [6.45, 7) is 3.69. The molecule has 0 aromatic heterocycles. The van der Waals surface area contributed by atoms with Crippen LogP contribution < -0.4 is 9.62 Å². The second kappa shape index (κ2) is 6.42. The number of anilines is 1. The average Bonchev–Trinajstić information content (AvgIpc) is 2.53. The van der Waals surface area contributed by atoms with Crippen LogP contribution in [0.2, 0.25) is 0 Å². The first-order valence-electron chi connectivity index (χ1n) is 7.15. The van der Waals surface area contributed by atoms with Gasteiger partial charge in [0, 0.05) is 19.7 Å². The van der Waals surface area contributed by atoms with Gasteiger partial charge in [-0.25, -0.2) is 8.42 Å². The van der Waals surface area contributed by atoms with Crippen LogP contribution in [0, 0.1) is 13.8 Å². The molecule has 2 aromatic carbocycles. The third-order valence-electron chi connectivity index (χ3n) is 3.70. The first-order valence-corrected chi connectivity index (χ1v) is 8.59. The molecule has 0 aliphatic heterocycles. The van der Waals surface area contributed by atoms with Gasteiger partial charge in [0.15, 0.2) is 0 Å². The highest BCUT2D eigenvalue weighted by Crippen LogP contribution is 2.26. The second-order valence-electron chi connectivity index (χ2n) is 5.37. The number of hydrogen-bond acceptors (Lipinski definition) is 3. The van der Waals surface area contributed by atoms with E-state index in [9.17, 15) is 13.2 Å². The minimum atomic E-state index is -3.64. The zero-order chi connectivity index (χ0) is 17.2. The van der Waals surface area contributed by atoms with Crippen molar-refractivity contribution >= 4 is 21.6 Å². The third-order valence-corrected chi connectivity index (χ3v) is 5.49. The zero-order valence-corrected chi connectivity index (χ0v) is 14.4. The van der Waals surface area contributed by atoms with Crippen LogP contribution in [0.15, 0.2) is 47.4 Å². The Kier molecular flexibility index (Phi) is 4.75. The van der Waals surface area contributed by atoms with Gasteiger partial charge < -0.3 is 5.32 Å². The first kappa shape index (κ1) is 17.0. The van der Waals surface area contributed by atoms with Crippen LogP contribution in [-0.4, -0.2) is 28.4 Å².